The average Bonchev–Trinajstić information content (AvgIpc) is 3.20. The summed E-state index contributed by atoms with van der Waals surface area (Å²) in [6.45, 7) is 1.70. The summed E-state index contributed by atoms with van der Waals surface area (Å²) in [6, 6.07) is 17.6. The molecule has 3 aromatic carbocycles. The number of hydrogen-bond acceptors (Lipinski definition) is 4. The van der Waals surface area contributed by atoms with Crippen molar-refractivity contribution in [2.45, 2.75) is 31.0 Å². The Labute approximate surface area is 186 Å². The van der Waals surface area contributed by atoms with Crippen LogP contribution in [0.15, 0.2) is 60.7 Å². The van der Waals surface area contributed by atoms with Crippen LogP contribution in [0.2, 0.25) is 0 Å². The minimum absolute atomic E-state index is 0.00873. The quantitative estimate of drug-likeness (QED) is 0.589. The molecule has 5 rings (SSSR count). The van der Waals surface area contributed by atoms with E-state index in [0.29, 0.717) is 37.4 Å². The van der Waals surface area contributed by atoms with Gasteiger partial charge < -0.3 is 19.1 Å². The summed E-state index contributed by atoms with van der Waals surface area (Å²) in [6.07, 6.45) is 2.36. The minimum Gasteiger partial charge on any atom is -0.496 e. The third-order valence-electron chi connectivity index (χ3n) is 6.45. The van der Waals surface area contributed by atoms with Gasteiger partial charge in [-0.05, 0) is 54.6 Å². The van der Waals surface area contributed by atoms with E-state index in [1.165, 1.54) is 12.1 Å². The molecule has 2 heterocycles. The number of halogens is 1. The molecule has 0 N–H and O–H groups in total. The van der Waals surface area contributed by atoms with Gasteiger partial charge in [0.1, 0.15) is 23.4 Å². The van der Waals surface area contributed by atoms with Gasteiger partial charge in [-0.1, -0.05) is 24.3 Å². The van der Waals surface area contributed by atoms with Crippen LogP contribution in [0.1, 0.15) is 29.6 Å². The molecule has 0 radical (unpaired) electrons. The molecular formula is C26H26FNO4. The molecule has 1 amide bonds. The lowest BCUT2D eigenvalue weighted by molar-refractivity contribution is -0.0453. The number of piperidine rings is 1. The summed E-state index contributed by atoms with van der Waals surface area (Å²) in [7, 11) is 1.64. The number of amides is 1. The molecule has 2 fully saturated rings. The molecule has 166 valence electrons. The topological polar surface area (TPSA) is 48.0 Å². The number of nitrogens with zero attached hydrogens (tertiary/aromatic N) is 1. The summed E-state index contributed by atoms with van der Waals surface area (Å²) in [5, 5.41) is 1.82. The molecule has 0 saturated carbocycles. The van der Waals surface area contributed by atoms with Gasteiger partial charge in [0, 0.05) is 23.9 Å². The van der Waals surface area contributed by atoms with Crippen molar-refractivity contribution < 1.29 is 23.4 Å². The van der Waals surface area contributed by atoms with Gasteiger partial charge in [-0.15, -0.1) is 0 Å². The Morgan fingerprint density at radius 1 is 1.09 bits per heavy atom. The van der Waals surface area contributed by atoms with Gasteiger partial charge in [0.25, 0.3) is 5.91 Å². The highest BCUT2D eigenvalue weighted by Gasteiger charge is 2.45. The standard InChI is InChI=1S/C26H26FNO4/c1-30-24-12-11-23(21-5-2-3-6-22(21)24)25(29)28-14-4-13-26(17-28)15-20(16-31-26)32-19-9-7-18(27)8-10-19/h2-3,5-12,20H,4,13-17H2,1H3/t20-,26+/m1/s1. The summed E-state index contributed by atoms with van der Waals surface area (Å²) >= 11 is 0. The molecule has 0 aromatic heterocycles. The van der Waals surface area contributed by atoms with Crippen molar-refractivity contribution in [1.29, 1.82) is 0 Å². The van der Waals surface area contributed by atoms with Gasteiger partial charge in [-0.2, -0.15) is 0 Å². The predicted molar refractivity (Wildman–Crippen MR) is 120 cm³/mol. The van der Waals surface area contributed by atoms with E-state index in [1.807, 2.05) is 41.3 Å². The highest BCUT2D eigenvalue weighted by Crippen LogP contribution is 2.37. The fourth-order valence-electron chi connectivity index (χ4n) is 4.95. The molecule has 0 unspecified atom stereocenters. The Bertz CT molecular complexity index is 1130. The van der Waals surface area contributed by atoms with E-state index in [2.05, 4.69) is 0 Å². The van der Waals surface area contributed by atoms with E-state index in [4.69, 9.17) is 14.2 Å². The summed E-state index contributed by atoms with van der Waals surface area (Å²) in [5.41, 5.74) is 0.275. The molecular weight excluding hydrogens is 409 g/mol. The van der Waals surface area contributed by atoms with E-state index < -0.39 is 5.60 Å². The van der Waals surface area contributed by atoms with Gasteiger partial charge >= 0.3 is 0 Å². The first-order valence-electron chi connectivity index (χ1n) is 11.0. The number of likely N-dealkylation sites (tertiary alicyclic amines) is 1. The van der Waals surface area contributed by atoms with Crippen LogP contribution in [-0.2, 0) is 4.74 Å². The zero-order valence-corrected chi connectivity index (χ0v) is 18.1. The first kappa shape index (κ1) is 20.8. The van der Waals surface area contributed by atoms with Crippen molar-refractivity contribution >= 4 is 16.7 Å². The lowest BCUT2D eigenvalue weighted by Gasteiger charge is -2.39. The van der Waals surface area contributed by atoms with Crippen LogP contribution in [0.3, 0.4) is 0 Å². The molecule has 2 aliphatic heterocycles. The maximum Gasteiger partial charge on any atom is 0.254 e. The number of methoxy groups -OCH3 is 1. The van der Waals surface area contributed by atoms with Gasteiger partial charge in [-0.25, -0.2) is 4.39 Å². The number of hydrogen-bond donors (Lipinski definition) is 0. The van der Waals surface area contributed by atoms with E-state index in [-0.39, 0.29) is 17.8 Å². The minimum atomic E-state index is -0.402. The third kappa shape index (κ3) is 3.91. The van der Waals surface area contributed by atoms with Crippen LogP contribution in [0.5, 0.6) is 11.5 Å². The number of carbonyl (C=O) groups is 1. The molecule has 0 aliphatic carbocycles. The number of fused-ring (bicyclic) bond motifs is 1. The highest BCUT2D eigenvalue weighted by atomic mass is 19.1. The molecule has 5 nitrogen and oxygen atoms in total. The average molecular weight is 435 g/mol. The van der Waals surface area contributed by atoms with Crippen LogP contribution in [0.4, 0.5) is 4.39 Å². The Balaban J connectivity index is 1.33. The molecule has 32 heavy (non-hydrogen) atoms. The maximum absolute atomic E-state index is 13.5. The van der Waals surface area contributed by atoms with Crippen LogP contribution in [0, 0.1) is 5.82 Å². The molecule has 2 atom stereocenters. The van der Waals surface area contributed by atoms with Crippen LogP contribution >= 0.6 is 0 Å². The molecule has 2 saturated heterocycles. The first-order valence-corrected chi connectivity index (χ1v) is 11.0. The molecule has 6 heteroatoms. The fraction of sp³-hybridized carbons (Fsp3) is 0.346. The second kappa shape index (κ2) is 8.43. The Morgan fingerprint density at radius 2 is 1.88 bits per heavy atom. The van der Waals surface area contributed by atoms with Crippen molar-refractivity contribution in [1.82, 2.24) is 4.90 Å². The summed E-state index contributed by atoms with van der Waals surface area (Å²) < 4.78 is 30.9. The highest BCUT2D eigenvalue weighted by molar-refractivity contribution is 6.08. The van der Waals surface area contributed by atoms with E-state index >= 15 is 0 Å². The maximum atomic E-state index is 13.5. The normalized spacial score (nSPS) is 22.9. The Hall–Kier alpha value is -3.12. The lowest BCUT2D eigenvalue weighted by atomic mass is 9.88. The molecule has 3 aromatic rings. The predicted octanol–water partition coefficient (Wildman–Crippen LogP) is 4.83. The number of ether oxygens (including phenoxy) is 3. The Kier molecular flexibility index (Phi) is 5.47. The van der Waals surface area contributed by atoms with Gasteiger partial charge in [-0.3, -0.25) is 4.79 Å². The number of benzene rings is 3. The van der Waals surface area contributed by atoms with Crippen molar-refractivity contribution in [2.24, 2.45) is 0 Å². The number of rotatable bonds is 4. The Morgan fingerprint density at radius 3 is 2.66 bits per heavy atom. The van der Waals surface area contributed by atoms with E-state index in [0.717, 1.165) is 29.4 Å². The largest absolute Gasteiger partial charge is 0.496 e. The zero-order chi connectivity index (χ0) is 22.1. The van der Waals surface area contributed by atoms with E-state index in [1.54, 1.807) is 19.2 Å². The second-order valence-electron chi connectivity index (χ2n) is 8.58. The zero-order valence-electron chi connectivity index (χ0n) is 18.1. The smallest absolute Gasteiger partial charge is 0.254 e. The summed E-state index contributed by atoms with van der Waals surface area (Å²) in [5.74, 6) is 1.11. The van der Waals surface area contributed by atoms with E-state index in [9.17, 15) is 9.18 Å². The van der Waals surface area contributed by atoms with Gasteiger partial charge in [0.15, 0.2) is 0 Å². The number of carbonyl (C=O) groups excluding carboxylic acids is 1. The second-order valence-corrected chi connectivity index (χ2v) is 8.58. The van der Waals surface area contributed by atoms with Crippen LogP contribution < -0.4 is 9.47 Å². The van der Waals surface area contributed by atoms with Crippen molar-refractivity contribution in [3.63, 3.8) is 0 Å². The molecule has 0 bridgehead atoms. The third-order valence-corrected chi connectivity index (χ3v) is 6.45. The lowest BCUT2D eigenvalue weighted by Crippen LogP contribution is -2.50. The van der Waals surface area contributed by atoms with Gasteiger partial charge in [0.2, 0.25) is 0 Å². The van der Waals surface area contributed by atoms with Gasteiger partial charge in [0.05, 0.1) is 25.9 Å². The summed E-state index contributed by atoms with van der Waals surface area (Å²) in [4.78, 5) is 15.4. The van der Waals surface area contributed by atoms with Crippen molar-refractivity contribution in [3.8, 4) is 11.5 Å². The van der Waals surface area contributed by atoms with Crippen LogP contribution in [-0.4, -0.2) is 49.3 Å². The molecule has 2 aliphatic rings. The van der Waals surface area contributed by atoms with Crippen molar-refractivity contribution in [2.75, 3.05) is 26.8 Å². The first-order chi connectivity index (χ1) is 15.6. The van der Waals surface area contributed by atoms with Crippen LogP contribution in [0.25, 0.3) is 10.8 Å². The SMILES string of the molecule is COc1ccc(C(=O)N2CCC[C@]3(C[C@@H](Oc4ccc(F)cc4)CO3)C2)c2ccccc12. The fourth-order valence-corrected chi connectivity index (χ4v) is 4.95. The molecule has 1 spiro atoms. The van der Waals surface area contributed by atoms with Crippen molar-refractivity contribution in [3.05, 3.63) is 72.0 Å². The monoisotopic (exact) mass is 435 g/mol.